The molecule has 0 saturated heterocycles. The van der Waals surface area contributed by atoms with E-state index in [9.17, 15) is 4.79 Å². The SMILES string of the molecule is CCCOc1ccccc1C(=O)NN=Cc1ccc(OC)cc1. The van der Waals surface area contributed by atoms with Crippen LogP contribution in [0.4, 0.5) is 0 Å². The third-order valence-corrected chi connectivity index (χ3v) is 3.09. The van der Waals surface area contributed by atoms with Crippen LogP contribution in [0.25, 0.3) is 0 Å². The van der Waals surface area contributed by atoms with Gasteiger partial charge in [-0.2, -0.15) is 5.10 Å². The molecule has 23 heavy (non-hydrogen) atoms. The Morgan fingerprint density at radius 2 is 1.91 bits per heavy atom. The second kappa shape index (κ2) is 8.58. The molecule has 0 fully saturated rings. The molecule has 2 aromatic rings. The third kappa shape index (κ3) is 4.85. The van der Waals surface area contributed by atoms with E-state index in [2.05, 4.69) is 10.5 Å². The molecule has 0 unspecified atom stereocenters. The zero-order valence-corrected chi connectivity index (χ0v) is 13.3. The van der Waals surface area contributed by atoms with E-state index in [4.69, 9.17) is 9.47 Å². The number of rotatable bonds is 7. The van der Waals surface area contributed by atoms with Crippen LogP contribution >= 0.6 is 0 Å². The van der Waals surface area contributed by atoms with Crippen LogP contribution in [0, 0.1) is 0 Å². The minimum atomic E-state index is -0.304. The van der Waals surface area contributed by atoms with E-state index in [1.807, 2.05) is 37.3 Å². The van der Waals surface area contributed by atoms with E-state index < -0.39 is 0 Å². The highest BCUT2D eigenvalue weighted by Crippen LogP contribution is 2.18. The number of amides is 1. The van der Waals surface area contributed by atoms with Crippen molar-refractivity contribution in [2.24, 2.45) is 5.10 Å². The molecule has 0 aliphatic carbocycles. The van der Waals surface area contributed by atoms with Crippen molar-refractivity contribution in [3.05, 3.63) is 59.7 Å². The smallest absolute Gasteiger partial charge is 0.275 e. The molecule has 5 heteroatoms. The zero-order valence-electron chi connectivity index (χ0n) is 13.3. The summed E-state index contributed by atoms with van der Waals surface area (Å²) in [5, 5.41) is 3.97. The average Bonchev–Trinajstić information content (AvgIpc) is 2.60. The van der Waals surface area contributed by atoms with Crippen molar-refractivity contribution in [1.29, 1.82) is 0 Å². The normalized spacial score (nSPS) is 10.5. The predicted octanol–water partition coefficient (Wildman–Crippen LogP) is 3.25. The van der Waals surface area contributed by atoms with Crippen LogP contribution in [0.3, 0.4) is 0 Å². The first-order valence-corrected chi connectivity index (χ1v) is 7.44. The summed E-state index contributed by atoms with van der Waals surface area (Å²) in [4.78, 5) is 12.2. The van der Waals surface area contributed by atoms with Gasteiger partial charge < -0.3 is 9.47 Å². The lowest BCUT2D eigenvalue weighted by molar-refractivity contribution is 0.0951. The topological polar surface area (TPSA) is 59.9 Å². The van der Waals surface area contributed by atoms with E-state index in [1.165, 1.54) is 0 Å². The molecule has 0 radical (unpaired) electrons. The highest BCUT2D eigenvalue weighted by Gasteiger charge is 2.10. The maximum absolute atomic E-state index is 12.2. The molecule has 120 valence electrons. The van der Waals surface area contributed by atoms with E-state index >= 15 is 0 Å². The number of carbonyl (C=O) groups is 1. The number of nitrogens with zero attached hydrogens (tertiary/aromatic N) is 1. The minimum absolute atomic E-state index is 0.304. The standard InChI is InChI=1S/C18H20N2O3/c1-3-12-23-17-7-5-4-6-16(17)18(21)20-19-13-14-8-10-15(22-2)11-9-14/h4-11,13H,3,12H2,1-2H3,(H,20,21). The summed E-state index contributed by atoms with van der Waals surface area (Å²) in [6, 6.07) is 14.5. The van der Waals surface area contributed by atoms with Gasteiger partial charge in [-0.3, -0.25) is 4.79 Å². The van der Waals surface area contributed by atoms with Gasteiger partial charge in [0.05, 0.1) is 25.5 Å². The molecule has 2 rings (SSSR count). The Morgan fingerprint density at radius 1 is 1.17 bits per heavy atom. The molecule has 0 aliphatic heterocycles. The Kier molecular flexibility index (Phi) is 6.17. The van der Waals surface area contributed by atoms with Gasteiger partial charge in [-0.05, 0) is 48.4 Å². The van der Waals surface area contributed by atoms with Crippen LogP contribution in [0.5, 0.6) is 11.5 Å². The van der Waals surface area contributed by atoms with Gasteiger partial charge in [0.2, 0.25) is 0 Å². The number of hydrogen-bond acceptors (Lipinski definition) is 4. The summed E-state index contributed by atoms with van der Waals surface area (Å²) in [6.07, 6.45) is 2.46. The first kappa shape index (κ1) is 16.5. The van der Waals surface area contributed by atoms with Crippen molar-refractivity contribution in [3.8, 4) is 11.5 Å². The van der Waals surface area contributed by atoms with Gasteiger partial charge in [0.1, 0.15) is 11.5 Å². The fraction of sp³-hybridized carbons (Fsp3) is 0.222. The number of hydrazone groups is 1. The van der Waals surface area contributed by atoms with E-state index in [-0.39, 0.29) is 5.91 Å². The monoisotopic (exact) mass is 312 g/mol. The molecule has 0 saturated carbocycles. The van der Waals surface area contributed by atoms with Crippen molar-refractivity contribution < 1.29 is 14.3 Å². The predicted molar refractivity (Wildman–Crippen MR) is 90.3 cm³/mol. The Hall–Kier alpha value is -2.82. The fourth-order valence-corrected chi connectivity index (χ4v) is 1.91. The number of carbonyl (C=O) groups excluding carboxylic acids is 1. The lowest BCUT2D eigenvalue weighted by Gasteiger charge is -2.09. The molecule has 5 nitrogen and oxygen atoms in total. The second-order valence-corrected chi connectivity index (χ2v) is 4.82. The van der Waals surface area contributed by atoms with Gasteiger partial charge in [-0.15, -0.1) is 0 Å². The molecule has 0 bridgehead atoms. The molecule has 1 amide bonds. The lowest BCUT2D eigenvalue weighted by atomic mass is 10.2. The first-order valence-electron chi connectivity index (χ1n) is 7.44. The molecule has 0 spiro atoms. The second-order valence-electron chi connectivity index (χ2n) is 4.82. The highest BCUT2D eigenvalue weighted by molar-refractivity contribution is 5.97. The van der Waals surface area contributed by atoms with Gasteiger partial charge in [-0.1, -0.05) is 19.1 Å². The van der Waals surface area contributed by atoms with Crippen LogP contribution in [0.15, 0.2) is 53.6 Å². The summed E-state index contributed by atoms with van der Waals surface area (Å²) in [6.45, 7) is 2.58. The Labute approximate surface area is 135 Å². The molecule has 0 aliphatic rings. The molecule has 0 aromatic heterocycles. The van der Waals surface area contributed by atoms with Crippen molar-refractivity contribution in [2.45, 2.75) is 13.3 Å². The van der Waals surface area contributed by atoms with Crippen LogP contribution in [0.1, 0.15) is 29.3 Å². The zero-order chi connectivity index (χ0) is 16.5. The molecule has 1 N–H and O–H groups in total. The maximum Gasteiger partial charge on any atom is 0.275 e. The van der Waals surface area contributed by atoms with Gasteiger partial charge in [0.25, 0.3) is 5.91 Å². The van der Waals surface area contributed by atoms with E-state index in [0.29, 0.717) is 17.9 Å². The summed E-state index contributed by atoms with van der Waals surface area (Å²) in [5.41, 5.74) is 3.84. The number of para-hydroxylation sites is 1. The Balaban J connectivity index is 2.00. The quantitative estimate of drug-likeness (QED) is 0.630. The molecule has 0 atom stereocenters. The van der Waals surface area contributed by atoms with Crippen LogP contribution in [-0.4, -0.2) is 25.8 Å². The van der Waals surface area contributed by atoms with Gasteiger partial charge in [0.15, 0.2) is 0 Å². The number of ether oxygens (including phenoxy) is 2. The van der Waals surface area contributed by atoms with Crippen LogP contribution in [0.2, 0.25) is 0 Å². The molecular formula is C18H20N2O3. The van der Waals surface area contributed by atoms with Crippen molar-refractivity contribution in [1.82, 2.24) is 5.43 Å². The maximum atomic E-state index is 12.2. The van der Waals surface area contributed by atoms with Crippen molar-refractivity contribution >= 4 is 12.1 Å². The van der Waals surface area contributed by atoms with Crippen molar-refractivity contribution in [2.75, 3.05) is 13.7 Å². The number of methoxy groups -OCH3 is 1. The summed E-state index contributed by atoms with van der Waals surface area (Å²) < 4.78 is 10.7. The average molecular weight is 312 g/mol. The Morgan fingerprint density at radius 3 is 2.61 bits per heavy atom. The van der Waals surface area contributed by atoms with Crippen LogP contribution < -0.4 is 14.9 Å². The minimum Gasteiger partial charge on any atom is -0.497 e. The van der Waals surface area contributed by atoms with Crippen LogP contribution in [-0.2, 0) is 0 Å². The number of benzene rings is 2. The lowest BCUT2D eigenvalue weighted by Crippen LogP contribution is -2.18. The molecule has 0 heterocycles. The fourth-order valence-electron chi connectivity index (χ4n) is 1.91. The van der Waals surface area contributed by atoms with Crippen molar-refractivity contribution in [3.63, 3.8) is 0 Å². The van der Waals surface area contributed by atoms with Gasteiger partial charge in [-0.25, -0.2) is 5.43 Å². The largest absolute Gasteiger partial charge is 0.497 e. The van der Waals surface area contributed by atoms with E-state index in [1.54, 1.807) is 31.5 Å². The van der Waals surface area contributed by atoms with E-state index in [0.717, 1.165) is 17.7 Å². The number of hydrogen-bond donors (Lipinski definition) is 1. The van der Waals surface area contributed by atoms with Gasteiger partial charge >= 0.3 is 0 Å². The van der Waals surface area contributed by atoms with Gasteiger partial charge in [0, 0.05) is 0 Å². The third-order valence-electron chi connectivity index (χ3n) is 3.09. The Bertz CT molecular complexity index is 666. The number of nitrogens with one attached hydrogen (secondary N) is 1. The summed E-state index contributed by atoms with van der Waals surface area (Å²) in [5.74, 6) is 1.03. The summed E-state index contributed by atoms with van der Waals surface area (Å²) in [7, 11) is 1.61. The summed E-state index contributed by atoms with van der Waals surface area (Å²) >= 11 is 0. The highest BCUT2D eigenvalue weighted by atomic mass is 16.5. The molecule has 2 aromatic carbocycles. The first-order chi connectivity index (χ1) is 11.2. The molecular weight excluding hydrogens is 292 g/mol.